The van der Waals surface area contributed by atoms with Crippen molar-refractivity contribution in [3.63, 3.8) is 0 Å². The van der Waals surface area contributed by atoms with Crippen molar-refractivity contribution >= 4 is 21.6 Å². The number of nitrogens with zero attached hydrogens (tertiary/aromatic N) is 3. The highest BCUT2D eigenvalue weighted by Crippen LogP contribution is 2.24. The van der Waals surface area contributed by atoms with E-state index in [0.29, 0.717) is 12.2 Å². The summed E-state index contributed by atoms with van der Waals surface area (Å²) in [5.74, 6) is -0.366. The Morgan fingerprint density at radius 2 is 1.86 bits per heavy atom. The summed E-state index contributed by atoms with van der Waals surface area (Å²) in [7, 11) is -3.60. The van der Waals surface area contributed by atoms with Crippen molar-refractivity contribution < 1.29 is 13.2 Å². The predicted octanol–water partition coefficient (Wildman–Crippen LogP) is 2.57. The molecule has 0 bridgehead atoms. The van der Waals surface area contributed by atoms with Gasteiger partial charge in [-0.1, -0.05) is 24.3 Å². The van der Waals surface area contributed by atoms with Crippen LogP contribution in [0.4, 0.5) is 5.69 Å². The lowest BCUT2D eigenvalue weighted by Gasteiger charge is -2.24. The summed E-state index contributed by atoms with van der Waals surface area (Å²) in [5.41, 5.74) is 4.21. The molecule has 0 aliphatic carbocycles. The molecule has 152 valence electrons. The standard InChI is InChI=1S/C21H24N4O3S/c1-16-5-4-6-20(17(16)2)25(29(3,27)28)14-21(26)23-13-18-7-9-19(10-8-18)24-12-11-22-15-24/h4-12,15H,13-14H2,1-3H3,(H,23,26). The Hall–Kier alpha value is -3.13. The number of carbonyl (C=O) groups is 1. The maximum atomic E-state index is 12.5. The van der Waals surface area contributed by atoms with Crippen LogP contribution >= 0.6 is 0 Å². The molecule has 0 spiro atoms. The lowest BCUT2D eigenvalue weighted by Crippen LogP contribution is -2.40. The summed E-state index contributed by atoms with van der Waals surface area (Å²) < 4.78 is 27.6. The number of nitrogens with one attached hydrogen (secondary N) is 1. The number of carbonyl (C=O) groups excluding carboxylic acids is 1. The first kappa shape index (κ1) is 20.6. The Morgan fingerprint density at radius 1 is 1.14 bits per heavy atom. The molecule has 0 unspecified atom stereocenters. The topological polar surface area (TPSA) is 84.3 Å². The van der Waals surface area contributed by atoms with Gasteiger partial charge in [-0.3, -0.25) is 9.10 Å². The number of imidazole rings is 1. The van der Waals surface area contributed by atoms with E-state index in [4.69, 9.17) is 0 Å². The largest absolute Gasteiger partial charge is 0.350 e. The third-order valence-corrected chi connectivity index (χ3v) is 5.89. The van der Waals surface area contributed by atoms with Gasteiger partial charge in [-0.05, 0) is 48.7 Å². The van der Waals surface area contributed by atoms with Crippen LogP contribution < -0.4 is 9.62 Å². The minimum Gasteiger partial charge on any atom is -0.350 e. The molecule has 1 N–H and O–H groups in total. The van der Waals surface area contributed by atoms with Gasteiger partial charge >= 0.3 is 0 Å². The molecular weight excluding hydrogens is 388 g/mol. The Kier molecular flexibility index (Phi) is 6.03. The first-order valence-corrected chi connectivity index (χ1v) is 11.0. The van der Waals surface area contributed by atoms with E-state index in [1.807, 2.05) is 54.9 Å². The highest BCUT2D eigenvalue weighted by atomic mass is 32.2. The van der Waals surface area contributed by atoms with Crippen molar-refractivity contribution in [3.05, 3.63) is 77.9 Å². The fourth-order valence-corrected chi connectivity index (χ4v) is 3.88. The number of anilines is 1. The van der Waals surface area contributed by atoms with Crippen LogP contribution in [0.3, 0.4) is 0 Å². The van der Waals surface area contributed by atoms with Gasteiger partial charge in [-0.2, -0.15) is 0 Å². The molecule has 0 saturated carbocycles. The molecule has 0 saturated heterocycles. The number of hydrogen-bond acceptors (Lipinski definition) is 4. The smallest absolute Gasteiger partial charge is 0.241 e. The molecule has 2 aromatic carbocycles. The number of amides is 1. The van der Waals surface area contributed by atoms with Crippen LogP contribution in [-0.2, 0) is 21.4 Å². The highest BCUT2D eigenvalue weighted by Gasteiger charge is 2.22. The summed E-state index contributed by atoms with van der Waals surface area (Å²) >= 11 is 0. The molecule has 1 aromatic heterocycles. The quantitative estimate of drug-likeness (QED) is 0.646. The third-order valence-electron chi connectivity index (χ3n) is 4.76. The van der Waals surface area contributed by atoms with Crippen LogP contribution in [0.25, 0.3) is 5.69 Å². The SMILES string of the molecule is Cc1cccc(N(CC(=O)NCc2ccc(-n3ccnc3)cc2)S(C)(=O)=O)c1C. The van der Waals surface area contributed by atoms with E-state index >= 15 is 0 Å². The van der Waals surface area contributed by atoms with Crippen LogP contribution in [0.1, 0.15) is 16.7 Å². The van der Waals surface area contributed by atoms with Crippen LogP contribution in [0.15, 0.2) is 61.2 Å². The minimum absolute atomic E-state index is 0.268. The summed E-state index contributed by atoms with van der Waals surface area (Å²) in [6, 6.07) is 13.1. The Labute approximate surface area is 171 Å². The van der Waals surface area contributed by atoms with Gasteiger partial charge in [0, 0.05) is 24.6 Å². The monoisotopic (exact) mass is 412 g/mol. The van der Waals surface area contributed by atoms with Crippen molar-refractivity contribution in [2.75, 3.05) is 17.1 Å². The number of hydrogen-bond donors (Lipinski definition) is 1. The summed E-state index contributed by atoms with van der Waals surface area (Å²) in [4.78, 5) is 16.5. The molecule has 8 heteroatoms. The molecule has 1 amide bonds. The van der Waals surface area contributed by atoms with E-state index < -0.39 is 10.0 Å². The van der Waals surface area contributed by atoms with Crippen molar-refractivity contribution in [2.24, 2.45) is 0 Å². The van der Waals surface area contributed by atoms with E-state index in [2.05, 4.69) is 10.3 Å². The molecule has 29 heavy (non-hydrogen) atoms. The molecule has 0 fully saturated rings. The van der Waals surface area contributed by atoms with Gasteiger partial charge in [-0.25, -0.2) is 13.4 Å². The van der Waals surface area contributed by atoms with Gasteiger partial charge < -0.3 is 9.88 Å². The Morgan fingerprint density at radius 3 is 2.48 bits per heavy atom. The number of aromatic nitrogens is 2. The van der Waals surface area contributed by atoms with E-state index in [1.165, 1.54) is 0 Å². The summed E-state index contributed by atoms with van der Waals surface area (Å²) in [6.45, 7) is 3.80. The van der Waals surface area contributed by atoms with Crippen LogP contribution in [0, 0.1) is 13.8 Å². The van der Waals surface area contributed by atoms with Gasteiger partial charge in [0.2, 0.25) is 15.9 Å². The van der Waals surface area contributed by atoms with Gasteiger partial charge in [-0.15, -0.1) is 0 Å². The second-order valence-electron chi connectivity index (χ2n) is 6.90. The lowest BCUT2D eigenvalue weighted by atomic mass is 10.1. The molecule has 3 aromatic rings. The molecule has 0 aliphatic rings. The Balaban J connectivity index is 1.67. The van der Waals surface area contributed by atoms with E-state index in [0.717, 1.165) is 32.9 Å². The van der Waals surface area contributed by atoms with Crippen molar-refractivity contribution in [3.8, 4) is 5.69 Å². The fraction of sp³-hybridized carbons (Fsp3) is 0.238. The van der Waals surface area contributed by atoms with Crippen molar-refractivity contribution in [1.29, 1.82) is 0 Å². The first-order valence-electron chi connectivity index (χ1n) is 9.13. The molecule has 0 aliphatic heterocycles. The van der Waals surface area contributed by atoms with E-state index in [9.17, 15) is 13.2 Å². The third kappa shape index (κ3) is 5.03. The van der Waals surface area contributed by atoms with Crippen molar-refractivity contribution in [2.45, 2.75) is 20.4 Å². The zero-order chi connectivity index (χ0) is 21.0. The number of benzene rings is 2. The second-order valence-corrected chi connectivity index (χ2v) is 8.81. The molecule has 7 nitrogen and oxygen atoms in total. The highest BCUT2D eigenvalue weighted by molar-refractivity contribution is 7.92. The fourth-order valence-electron chi connectivity index (χ4n) is 2.97. The maximum Gasteiger partial charge on any atom is 0.241 e. The Bertz CT molecular complexity index is 1090. The number of rotatable bonds is 7. The zero-order valence-electron chi connectivity index (χ0n) is 16.7. The van der Waals surface area contributed by atoms with E-state index in [1.54, 1.807) is 24.7 Å². The predicted molar refractivity (Wildman–Crippen MR) is 114 cm³/mol. The molecule has 0 atom stereocenters. The summed E-state index contributed by atoms with van der Waals surface area (Å²) in [6.07, 6.45) is 6.38. The van der Waals surface area contributed by atoms with E-state index in [-0.39, 0.29) is 12.5 Å². The number of sulfonamides is 1. The molecule has 0 radical (unpaired) electrons. The second kappa shape index (κ2) is 8.48. The minimum atomic E-state index is -3.60. The summed E-state index contributed by atoms with van der Waals surface area (Å²) in [5, 5.41) is 2.80. The van der Waals surface area contributed by atoms with Gasteiger partial charge in [0.1, 0.15) is 6.54 Å². The van der Waals surface area contributed by atoms with Gasteiger partial charge in [0.25, 0.3) is 0 Å². The first-order chi connectivity index (χ1) is 13.8. The molecular formula is C21H24N4O3S. The average Bonchev–Trinajstić information content (AvgIpc) is 3.21. The maximum absolute atomic E-state index is 12.5. The molecule has 3 rings (SSSR count). The lowest BCUT2D eigenvalue weighted by molar-refractivity contribution is -0.119. The van der Waals surface area contributed by atoms with Crippen LogP contribution in [-0.4, -0.2) is 36.7 Å². The normalized spacial score (nSPS) is 11.3. The average molecular weight is 413 g/mol. The van der Waals surface area contributed by atoms with Gasteiger partial charge in [0.15, 0.2) is 0 Å². The number of aryl methyl sites for hydroxylation is 1. The van der Waals surface area contributed by atoms with Crippen LogP contribution in [0.2, 0.25) is 0 Å². The zero-order valence-corrected chi connectivity index (χ0v) is 17.5. The van der Waals surface area contributed by atoms with Crippen molar-refractivity contribution in [1.82, 2.24) is 14.9 Å². The molecule has 1 heterocycles. The van der Waals surface area contributed by atoms with Crippen LogP contribution in [0.5, 0.6) is 0 Å². The van der Waals surface area contributed by atoms with Gasteiger partial charge in [0.05, 0.1) is 18.3 Å².